The summed E-state index contributed by atoms with van der Waals surface area (Å²) in [5.74, 6) is 1.01. The van der Waals surface area contributed by atoms with E-state index < -0.39 is 0 Å². The molecule has 4 nitrogen and oxygen atoms in total. The molecule has 66 valence electrons. The lowest BCUT2D eigenvalue weighted by Gasteiger charge is -2.17. The Balaban J connectivity index is 2.13. The number of amidine groups is 1. The van der Waals surface area contributed by atoms with E-state index in [4.69, 9.17) is 0 Å². The highest BCUT2D eigenvalue weighted by Crippen LogP contribution is 2.32. The second-order valence-electron chi connectivity index (χ2n) is 3.43. The van der Waals surface area contributed by atoms with Gasteiger partial charge in [0.1, 0.15) is 6.04 Å². The molecular formula is C9H10N4. The van der Waals surface area contributed by atoms with Gasteiger partial charge in [0, 0.05) is 5.56 Å². The number of H-pyrrole nitrogens is 1. The maximum absolute atomic E-state index is 4.52. The fourth-order valence-electron chi connectivity index (χ4n) is 1.94. The van der Waals surface area contributed by atoms with Gasteiger partial charge in [-0.3, -0.25) is 10.1 Å². The van der Waals surface area contributed by atoms with Crippen LogP contribution in [0.2, 0.25) is 0 Å². The van der Waals surface area contributed by atoms with Gasteiger partial charge in [-0.2, -0.15) is 5.10 Å². The first-order valence-electron chi connectivity index (χ1n) is 4.37. The lowest BCUT2D eigenvalue weighted by atomic mass is 9.96. The molecule has 0 amide bonds. The standard InChI is InChI=1S/C9H10N4/c1-5-11-8-3-2-7-6(4-10-13-7)9(8)12-5/h2-4,8-9H,1H3,(H,10,13)(H,11,12). The molecule has 0 fully saturated rings. The number of hydrogen-bond donors (Lipinski definition) is 2. The number of rotatable bonds is 0. The van der Waals surface area contributed by atoms with Gasteiger partial charge in [-0.1, -0.05) is 6.08 Å². The van der Waals surface area contributed by atoms with Crippen molar-refractivity contribution in [3.05, 3.63) is 23.5 Å². The van der Waals surface area contributed by atoms with Gasteiger partial charge in [-0.25, -0.2) is 0 Å². The van der Waals surface area contributed by atoms with Gasteiger partial charge in [0.15, 0.2) is 0 Å². The molecule has 0 spiro atoms. The first-order chi connectivity index (χ1) is 6.34. The minimum atomic E-state index is 0.221. The van der Waals surface area contributed by atoms with E-state index >= 15 is 0 Å². The summed E-state index contributed by atoms with van der Waals surface area (Å²) in [6, 6.07) is 0.545. The molecule has 1 aliphatic heterocycles. The van der Waals surface area contributed by atoms with Crippen molar-refractivity contribution in [1.82, 2.24) is 15.5 Å². The van der Waals surface area contributed by atoms with Crippen LogP contribution in [0.4, 0.5) is 0 Å². The van der Waals surface area contributed by atoms with Crippen molar-refractivity contribution in [2.45, 2.75) is 19.0 Å². The number of hydrogen-bond acceptors (Lipinski definition) is 3. The van der Waals surface area contributed by atoms with E-state index in [1.807, 2.05) is 13.1 Å². The zero-order valence-corrected chi connectivity index (χ0v) is 7.28. The van der Waals surface area contributed by atoms with Crippen LogP contribution in [0.15, 0.2) is 17.3 Å². The highest BCUT2D eigenvalue weighted by Gasteiger charge is 2.31. The quantitative estimate of drug-likeness (QED) is 0.613. The molecule has 0 aromatic carbocycles. The summed E-state index contributed by atoms with van der Waals surface area (Å²) in [5, 5.41) is 10.3. The number of aromatic nitrogens is 2. The van der Waals surface area contributed by atoms with Crippen molar-refractivity contribution in [3.8, 4) is 0 Å². The second-order valence-corrected chi connectivity index (χ2v) is 3.43. The third kappa shape index (κ3) is 0.854. The van der Waals surface area contributed by atoms with Crippen LogP contribution >= 0.6 is 0 Å². The van der Waals surface area contributed by atoms with Crippen molar-refractivity contribution in [3.63, 3.8) is 0 Å². The summed E-state index contributed by atoms with van der Waals surface area (Å²) in [5.41, 5.74) is 2.28. The zero-order chi connectivity index (χ0) is 8.84. The van der Waals surface area contributed by atoms with Crippen LogP contribution in [-0.2, 0) is 0 Å². The Morgan fingerprint density at radius 2 is 2.38 bits per heavy atom. The lowest BCUT2D eigenvalue weighted by molar-refractivity contribution is 0.633. The fraction of sp³-hybridized carbons (Fsp3) is 0.333. The Morgan fingerprint density at radius 1 is 1.46 bits per heavy atom. The predicted molar refractivity (Wildman–Crippen MR) is 50.4 cm³/mol. The van der Waals surface area contributed by atoms with Gasteiger partial charge < -0.3 is 5.32 Å². The van der Waals surface area contributed by atoms with Crippen LogP contribution in [0.3, 0.4) is 0 Å². The van der Waals surface area contributed by atoms with Crippen LogP contribution in [0, 0.1) is 0 Å². The van der Waals surface area contributed by atoms with Gasteiger partial charge in [0.2, 0.25) is 0 Å². The molecule has 3 rings (SSSR count). The number of fused-ring (bicyclic) bond motifs is 3. The normalized spacial score (nSPS) is 29.2. The van der Waals surface area contributed by atoms with Gasteiger partial charge >= 0.3 is 0 Å². The van der Waals surface area contributed by atoms with Crippen LogP contribution in [0.25, 0.3) is 6.08 Å². The van der Waals surface area contributed by atoms with E-state index in [1.165, 1.54) is 5.56 Å². The average Bonchev–Trinajstić information content (AvgIpc) is 2.65. The van der Waals surface area contributed by atoms with Gasteiger partial charge in [-0.15, -0.1) is 0 Å². The second kappa shape index (κ2) is 2.22. The number of aliphatic imine (C=N–C) groups is 1. The molecule has 2 N–H and O–H groups in total. The molecule has 13 heavy (non-hydrogen) atoms. The van der Waals surface area contributed by atoms with E-state index in [1.54, 1.807) is 0 Å². The fourth-order valence-corrected chi connectivity index (χ4v) is 1.94. The van der Waals surface area contributed by atoms with E-state index in [2.05, 4.69) is 32.7 Å². The van der Waals surface area contributed by atoms with Crippen LogP contribution in [-0.4, -0.2) is 22.1 Å². The number of aromatic amines is 1. The van der Waals surface area contributed by atoms with Gasteiger partial charge in [0.05, 0.1) is 23.8 Å². The van der Waals surface area contributed by atoms with Gasteiger partial charge in [0.25, 0.3) is 0 Å². The third-order valence-corrected chi connectivity index (χ3v) is 2.54. The van der Waals surface area contributed by atoms with Crippen molar-refractivity contribution < 1.29 is 0 Å². The molecule has 2 atom stereocenters. The molecular weight excluding hydrogens is 164 g/mol. The summed E-state index contributed by atoms with van der Waals surface area (Å²) in [7, 11) is 0. The SMILES string of the molecule is CC1=NC2c3cn[nH]c3C=CC2N1. The first kappa shape index (κ1) is 6.88. The Bertz CT molecular complexity index is 402. The van der Waals surface area contributed by atoms with E-state index in [-0.39, 0.29) is 6.04 Å². The summed E-state index contributed by atoms with van der Waals surface area (Å²) in [4.78, 5) is 4.52. The topological polar surface area (TPSA) is 53.1 Å². The van der Waals surface area contributed by atoms with E-state index in [0.717, 1.165) is 11.5 Å². The van der Waals surface area contributed by atoms with Crippen LogP contribution in [0.5, 0.6) is 0 Å². The average molecular weight is 174 g/mol. The largest absolute Gasteiger partial charge is 0.365 e. The van der Waals surface area contributed by atoms with Crippen LogP contribution in [0.1, 0.15) is 24.2 Å². The molecule has 1 aliphatic carbocycles. The maximum atomic E-state index is 4.52. The van der Waals surface area contributed by atoms with Gasteiger partial charge in [-0.05, 0) is 13.0 Å². The van der Waals surface area contributed by atoms with Crippen LogP contribution < -0.4 is 5.32 Å². The molecule has 2 aliphatic rings. The zero-order valence-electron chi connectivity index (χ0n) is 7.28. The summed E-state index contributed by atoms with van der Waals surface area (Å²) < 4.78 is 0. The highest BCUT2D eigenvalue weighted by molar-refractivity contribution is 5.83. The lowest BCUT2D eigenvalue weighted by Crippen LogP contribution is -2.29. The molecule has 0 saturated heterocycles. The minimum absolute atomic E-state index is 0.221. The molecule has 1 aromatic heterocycles. The number of nitrogens with one attached hydrogen (secondary N) is 2. The summed E-state index contributed by atoms with van der Waals surface area (Å²) in [6.07, 6.45) is 6.05. The Morgan fingerprint density at radius 3 is 3.31 bits per heavy atom. The predicted octanol–water partition coefficient (Wildman–Crippen LogP) is 0.868. The Hall–Kier alpha value is -1.58. The molecule has 2 heterocycles. The maximum Gasteiger partial charge on any atom is 0.104 e. The van der Waals surface area contributed by atoms with E-state index in [0.29, 0.717) is 6.04 Å². The van der Waals surface area contributed by atoms with Crippen molar-refractivity contribution in [2.75, 3.05) is 0 Å². The minimum Gasteiger partial charge on any atom is -0.365 e. The molecule has 0 radical (unpaired) electrons. The summed E-state index contributed by atoms with van der Waals surface area (Å²) >= 11 is 0. The van der Waals surface area contributed by atoms with Crippen molar-refractivity contribution >= 4 is 11.9 Å². The van der Waals surface area contributed by atoms with Crippen molar-refractivity contribution in [2.24, 2.45) is 4.99 Å². The Labute approximate surface area is 75.8 Å². The molecule has 4 heteroatoms. The third-order valence-electron chi connectivity index (χ3n) is 2.54. The van der Waals surface area contributed by atoms with Crippen molar-refractivity contribution in [1.29, 1.82) is 0 Å². The van der Waals surface area contributed by atoms with E-state index in [9.17, 15) is 0 Å². The molecule has 0 bridgehead atoms. The smallest absolute Gasteiger partial charge is 0.104 e. The first-order valence-corrected chi connectivity index (χ1v) is 4.37. The molecule has 2 unspecified atom stereocenters. The molecule has 0 saturated carbocycles. The summed E-state index contributed by atoms with van der Waals surface area (Å²) in [6.45, 7) is 1.99. The number of nitrogens with zero attached hydrogens (tertiary/aromatic N) is 2. The molecule has 1 aromatic rings. The Kier molecular flexibility index (Phi) is 1.17. The monoisotopic (exact) mass is 174 g/mol. The highest BCUT2D eigenvalue weighted by atomic mass is 15.2.